The number of hydrogen-bond donors (Lipinski definition) is 1. The van der Waals surface area contributed by atoms with E-state index < -0.39 is 0 Å². The molecule has 0 aliphatic carbocycles. The SMILES string of the molecule is CCC(N)CC(=O)N1CCC(C)CC1. The van der Waals surface area contributed by atoms with E-state index in [0.717, 1.165) is 38.3 Å². The van der Waals surface area contributed by atoms with Gasteiger partial charge in [-0.25, -0.2) is 0 Å². The van der Waals surface area contributed by atoms with Crippen LogP contribution in [0.1, 0.15) is 39.5 Å². The van der Waals surface area contributed by atoms with Gasteiger partial charge in [-0.3, -0.25) is 4.79 Å². The number of nitrogens with two attached hydrogens (primary N) is 1. The summed E-state index contributed by atoms with van der Waals surface area (Å²) >= 11 is 0. The lowest BCUT2D eigenvalue weighted by Gasteiger charge is -2.31. The van der Waals surface area contributed by atoms with Crippen LogP contribution >= 0.6 is 0 Å². The number of likely N-dealkylation sites (tertiary alicyclic amines) is 1. The van der Waals surface area contributed by atoms with Crippen molar-refractivity contribution in [2.24, 2.45) is 11.7 Å². The fraction of sp³-hybridized carbons (Fsp3) is 0.909. The molecule has 0 radical (unpaired) electrons. The largest absolute Gasteiger partial charge is 0.343 e. The van der Waals surface area contributed by atoms with E-state index in [9.17, 15) is 4.79 Å². The van der Waals surface area contributed by atoms with Gasteiger partial charge in [0.2, 0.25) is 5.91 Å². The number of carbonyl (C=O) groups excluding carboxylic acids is 1. The number of carbonyl (C=O) groups is 1. The summed E-state index contributed by atoms with van der Waals surface area (Å²) in [5.41, 5.74) is 5.76. The second-order valence-electron chi connectivity index (χ2n) is 4.44. The van der Waals surface area contributed by atoms with Gasteiger partial charge in [0.05, 0.1) is 0 Å². The van der Waals surface area contributed by atoms with Crippen LogP contribution in [0, 0.1) is 5.92 Å². The third-order valence-electron chi connectivity index (χ3n) is 3.10. The number of rotatable bonds is 3. The maximum Gasteiger partial charge on any atom is 0.224 e. The summed E-state index contributed by atoms with van der Waals surface area (Å²) in [6.45, 7) is 6.13. The van der Waals surface area contributed by atoms with Crippen LogP contribution in [0.25, 0.3) is 0 Å². The summed E-state index contributed by atoms with van der Waals surface area (Å²) in [5, 5.41) is 0. The molecule has 1 atom stereocenters. The molecule has 0 bridgehead atoms. The van der Waals surface area contributed by atoms with Crippen molar-refractivity contribution in [2.45, 2.75) is 45.6 Å². The molecule has 1 fully saturated rings. The third kappa shape index (κ3) is 3.29. The molecular formula is C11H22N2O. The van der Waals surface area contributed by atoms with Crippen molar-refractivity contribution in [2.75, 3.05) is 13.1 Å². The van der Waals surface area contributed by atoms with Crippen LogP contribution < -0.4 is 5.73 Å². The topological polar surface area (TPSA) is 46.3 Å². The van der Waals surface area contributed by atoms with Crippen molar-refractivity contribution in [3.8, 4) is 0 Å². The van der Waals surface area contributed by atoms with Gasteiger partial charge in [0.1, 0.15) is 0 Å². The molecule has 1 aliphatic rings. The quantitative estimate of drug-likeness (QED) is 0.744. The van der Waals surface area contributed by atoms with Crippen molar-refractivity contribution < 1.29 is 4.79 Å². The minimum absolute atomic E-state index is 0.0434. The third-order valence-corrected chi connectivity index (χ3v) is 3.10. The van der Waals surface area contributed by atoms with Crippen LogP contribution in [0.2, 0.25) is 0 Å². The Morgan fingerprint density at radius 3 is 2.57 bits per heavy atom. The molecule has 1 heterocycles. The molecule has 0 aromatic heterocycles. The molecule has 1 saturated heterocycles. The average Bonchev–Trinajstić information content (AvgIpc) is 2.18. The molecule has 1 aliphatic heterocycles. The maximum absolute atomic E-state index is 11.7. The molecule has 0 aromatic carbocycles. The van der Waals surface area contributed by atoms with Gasteiger partial charge in [-0.05, 0) is 25.2 Å². The van der Waals surface area contributed by atoms with Crippen molar-refractivity contribution in [1.82, 2.24) is 4.90 Å². The maximum atomic E-state index is 11.7. The van der Waals surface area contributed by atoms with Gasteiger partial charge in [0, 0.05) is 25.6 Å². The predicted octanol–water partition coefficient (Wildman–Crippen LogP) is 1.37. The lowest BCUT2D eigenvalue weighted by atomic mass is 9.98. The Bertz CT molecular complexity index is 186. The van der Waals surface area contributed by atoms with Crippen molar-refractivity contribution in [3.05, 3.63) is 0 Å². The van der Waals surface area contributed by atoms with Crippen LogP contribution in [-0.4, -0.2) is 29.9 Å². The molecule has 1 amide bonds. The smallest absolute Gasteiger partial charge is 0.224 e. The highest BCUT2D eigenvalue weighted by Crippen LogP contribution is 2.16. The van der Waals surface area contributed by atoms with Gasteiger partial charge in [-0.15, -0.1) is 0 Å². The number of piperidine rings is 1. The Kier molecular flexibility index (Phi) is 4.39. The Morgan fingerprint density at radius 2 is 2.07 bits per heavy atom. The molecule has 3 nitrogen and oxygen atoms in total. The summed E-state index contributed by atoms with van der Waals surface area (Å²) in [4.78, 5) is 13.7. The zero-order valence-corrected chi connectivity index (χ0v) is 9.33. The molecule has 1 rings (SSSR count). The average molecular weight is 198 g/mol. The number of hydrogen-bond acceptors (Lipinski definition) is 2. The zero-order valence-electron chi connectivity index (χ0n) is 9.33. The van der Waals surface area contributed by atoms with Crippen molar-refractivity contribution >= 4 is 5.91 Å². The summed E-state index contributed by atoms with van der Waals surface area (Å²) in [6, 6.07) is 0.0434. The predicted molar refractivity (Wildman–Crippen MR) is 57.9 cm³/mol. The van der Waals surface area contributed by atoms with Gasteiger partial charge in [0.15, 0.2) is 0 Å². The first-order valence-electron chi connectivity index (χ1n) is 5.66. The standard InChI is InChI=1S/C11H22N2O/c1-3-10(12)8-11(14)13-6-4-9(2)5-7-13/h9-10H,3-8,12H2,1-2H3. The van der Waals surface area contributed by atoms with Crippen LogP contribution in [0.15, 0.2) is 0 Å². The second kappa shape index (κ2) is 5.35. The molecule has 82 valence electrons. The number of nitrogens with zero attached hydrogens (tertiary/aromatic N) is 1. The van der Waals surface area contributed by atoms with Gasteiger partial charge >= 0.3 is 0 Å². The highest BCUT2D eigenvalue weighted by Gasteiger charge is 2.20. The summed E-state index contributed by atoms with van der Waals surface area (Å²) in [7, 11) is 0. The van der Waals surface area contributed by atoms with Crippen LogP contribution in [0.4, 0.5) is 0 Å². The van der Waals surface area contributed by atoms with E-state index >= 15 is 0 Å². The van der Waals surface area contributed by atoms with E-state index in [1.807, 2.05) is 11.8 Å². The lowest BCUT2D eigenvalue weighted by Crippen LogP contribution is -2.40. The summed E-state index contributed by atoms with van der Waals surface area (Å²) < 4.78 is 0. The first-order valence-corrected chi connectivity index (χ1v) is 5.66. The van der Waals surface area contributed by atoms with Crippen molar-refractivity contribution in [1.29, 1.82) is 0 Å². The van der Waals surface area contributed by atoms with E-state index in [4.69, 9.17) is 5.73 Å². The second-order valence-corrected chi connectivity index (χ2v) is 4.44. The highest BCUT2D eigenvalue weighted by atomic mass is 16.2. The van der Waals surface area contributed by atoms with E-state index in [2.05, 4.69) is 6.92 Å². The van der Waals surface area contributed by atoms with Crippen LogP contribution in [0.3, 0.4) is 0 Å². The zero-order chi connectivity index (χ0) is 10.6. The van der Waals surface area contributed by atoms with Gasteiger partial charge in [-0.1, -0.05) is 13.8 Å². The van der Waals surface area contributed by atoms with E-state index in [0.29, 0.717) is 6.42 Å². The Balaban J connectivity index is 2.30. The number of amides is 1. The normalized spacial score (nSPS) is 20.9. The highest BCUT2D eigenvalue weighted by molar-refractivity contribution is 5.76. The minimum Gasteiger partial charge on any atom is -0.343 e. The molecule has 0 aromatic rings. The summed E-state index contributed by atoms with van der Waals surface area (Å²) in [6.07, 6.45) is 3.70. The van der Waals surface area contributed by atoms with Gasteiger partial charge in [-0.2, -0.15) is 0 Å². The first-order chi connectivity index (χ1) is 6.63. The Labute approximate surface area is 86.6 Å². The van der Waals surface area contributed by atoms with E-state index in [1.165, 1.54) is 0 Å². The Morgan fingerprint density at radius 1 is 1.50 bits per heavy atom. The molecule has 0 saturated carbocycles. The minimum atomic E-state index is 0.0434. The molecule has 2 N–H and O–H groups in total. The van der Waals surface area contributed by atoms with E-state index in [-0.39, 0.29) is 11.9 Å². The van der Waals surface area contributed by atoms with Crippen LogP contribution in [0.5, 0.6) is 0 Å². The van der Waals surface area contributed by atoms with Gasteiger partial charge < -0.3 is 10.6 Å². The lowest BCUT2D eigenvalue weighted by molar-refractivity contribution is -0.132. The van der Waals surface area contributed by atoms with E-state index in [1.54, 1.807) is 0 Å². The molecule has 0 spiro atoms. The molecule has 3 heteroatoms. The fourth-order valence-corrected chi connectivity index (χ4v) is 1.76. The fourth-order valence-electron chi connectivity index (χ4n) is 1.76. The molecule has 1 unspecified atom stereocenters. The van der Waals surface area contributed by atoms with Gasteiger partial charge in [0.25, 0.3) is 0 Å². The summed E-state index contributed by atoms with van der Waals surface area (Å²) in [5.74, 6) is 1.02. The molecular weight excluding hydrogens is 176 g/mol. The monoisotopic (exact) mass is 198 g/mol. The Hall–Kier alpha value is -0.570. The first kappa shape index (κ1) is 11.5. The van der Waals surface area contributed by atoms with Crippen molar-refractivity contribution in [3.63, 3.8) is 0 Å². The molecule has 14 heavy (non-hydrogen) atoms. The van der Waals surface area contributed by atoms with Crippen LogP contribution in [-0.2, 0) is 4.79 Å².